The Hall–Kier alpha value is -1.99. The molecule has 2 rings (SSSR count). The van der Waals surface area contributed by atoms with Crippen molar-refractivity contribution in [3.05, 3.63) is 64.7 Å². The van der Waals surface area contributed by atoms with Crippen LogP contribution in [0.15, 0.2) is 42.5 Å². The fourth-order valence-corrected chi connectivity index (χ4v) is 4.63. The Morgan fingerprint density at radius 3 is 2.39 bits per heavy atom. The normalized spacial score (nSPS) is 11.3. The molecule has 1 N–H and O–H groups in total. The number of aryl methyl sites for hydroxylation is 2. The van der Waals surface area contributed by atoms with Crippen molar-refractivity contribution in [1.82, 2.24) is 5.32 Å². The highest BCUT2D eigenvalue weighted by Crippen LogP contribution is 2.24. The maximum atomic E-state index is 12.3. The molecule has 0 saturated heterocycles. The Morgan fingerprint density at radius 2 is 1.71 bits per heavy atom. The number of rotatable bonds is 9. The van der Waals surface area contributed by atoms with E-state index in [-0.39, 0.29) is 12.5 Å². The number of hydrogen-bond acceptors (Lipinski definition) is 4. The lowest BCUT2D eigenvalue weighted by molar-refractivity contribution is -0.119. The number of carbonyl (C=O) groups is 1. The van der Waals surface area contributed by atoms with Crippen LogP contribution < -0.4 is 9.62 Å². The lowest BCUT2D eigenvalue weighted by Crippen LogP contribution is -2.41. The molecule has 0 saturated carbocycles. The van der Waals surface area contributed by atoms with E-state index in [1.54, 1.807) is 23.9 Å². The largest absolute Gasteiger partial charge is 0.354 e. The Labute approximate surface area is 172 Å². The summed E-state index contributed by atoms with van der Waals surface area (Å²) >= 11 is 1.74. The first-order chi connectivity index (χ1) is 13.2. The molecular weight excluding hydrogens is 392 g/mol. The summed E-state index contributed by atoms with van der Waals surface area (Å²) in [6, 6.07) is 13.7. The van der Waals surface area contributed by atoms with E-state index in [0.29, 0.717) is 12.2 Å². The second-order valence-electron chi connectivity index (χ2n) is 6.82. The maximum Gasteiger partial charge on any atom is 0.240 e. The van der Waals surface area contributed by atoms with Gasteiger partial charge in [0.15, 0.2) is 0 Å². The monoisotopic (exact) mass is 420 g/mol. The second-order valence-corrected chi connectivity index (χ2v) is 9.83. The highest BCUT2D eigenvalue weighted by Gasteiger charge is 2.22. The van der Waals surface area contributed by atoms with Gasteiger partial charge < -0.3 is 5.32 Å². The van der Waals surface area contributed by atoms with Gasteiger partial charge in [0.1, 0.15) is 6.54 Å². The van der Waals surface area contributed by atoms with E-state index >= 15 is 0 Å². The van der Waals surface area contributed by atoms with Gasteiger partial charge in [0.25, 0.3) is 0 Å². The number of carbonyl (C=O) groups excluding carboxylic acids is 1. The van der Waals surface area contributed by atoms with E-state index in [1.165, 1.54) is 15.4 Å². The van der Waals surface area contributed by atoms with Crippen LogP contribution in [0.5, 0.6) is 0 Å². The Morgan fingerprint density at radius 1 is 1.04 bits per heavy atom. The Kier molecular flexibility index (Phi) is 7.95. The minimum absolute atomic E-state index is 0.217. The van der Waals surface area contributed by atoms with Crippen LogP contribution in [0.4, 0.5) is 5.69 Å². The molecule has 0 heterocycles. The molecule has 0 aliphatic rings. The fraction of sp³-hybridized carbons (Fsp3) is 0.381. The van der Waals surface area contributed by atoms with Crippen LogP contribution in [0, 0.1) is 20.8 Å². The van der Waals surface area contributed by atoms with Gasteiger partial charge in [-0.25, -0.2) is 8.42 Å². The van der Waals surface area contributed by atoms with Gasteiger partial charge in [0.05, 0.1) is 11.9 Å². The van der Waals surface area contributed by atoms with E-state index in [0.717, 1.165) is 28.9 Å². The van der Waals surface area contributed by atoms with E-state index in [4.69, 9.17) is 0 Å². The van der Waals surface area contributed by atoms with Gasteiger partial charge in [0.2, 0.25) is 15.9 Å². The Bertz CT molecular complexity index is 927. The standard InChI is InChI=1S/C21H28N2O3S2/c1-16-9-7-11-20(18(16)3)23(28(4,25)26)14-21(24)22-12-13-27-15-19-10-6-5-8-17(19)2/h5-11H,12-15H2,1-4H3,(H,22,24). The van der Waals surface area contributed by atoms with Crippen LogP contribution in [-0.4, -0.2) is 39.4 Å². The molecular formula is C21H28N2O3S2. The Balaban J connectivity index is 1.89. The molecule has 28 heavy (non-hydrogen) atoms. The molecule has 0 aromatic heterocycles. The quantitative estimate of drug-likeness (QED) is 0.631. The van der Waals surface area contributed by atoms with Crippen molar-refractivity contribution in [2.75, 3.05) is 29.4 Å². The van der Waals surface area contributed by atoms with Crippen LogP contribution >= 0.6 is 11.8 Å². The van der Waals surface area contributed by atoms with Crippen LogP contribution in [0.1, 0.15) is 22.3 Å². The second kappa shape index (κ2) is 9.98. The summed E-state index contributed by atoms with van der Waals surface area (Å²) in [6.45, 7) is 6.16. The molecule has 0 atom stereocenters. The number of benzene rings is 2. The summed E-state index contributed by atoms with van der Waals surface area (Å²) in [7, 11) is -3.56. The predicted octanol–water partition coefficient (Wildman–Crippen LogP) is 3.43. The highest BCUT2D eigenvalue weighted by molar-refractivity contribution is 7.98. The van der Waals surface area contributed by atoms with Crippen molar-refractivity contribution in [3.63, 3.8) is 0 Å². The molecule has 5 nitrogen and oxygen atoms in total. The van der Waals surface area contributed by atoms with Crippen molar-refractivity contribution in [3.8, 4) is 0 Å². The third-order valence-electron chi connectivity index (χ3n) is 4.62. The molecule has 0 unspecified atom stereocenters. The lowest BCUT2D eigenvalue weighted by atomic mass is 10.1. The molecule has 0 bridgehead atoms. The predicted molar refractivity (Wildman–Crippen MR) is 118 cm³/mol. The summed E-state index contributed by atoms with van der Waals surface area (Å²) < 4.78 is 25.6. The summed E-state index contributed by atoms with van der Waals surface area (Å²) in [6.07, 6.45) is 1.13. The summed E-state index contributed by atoms with van der Waals surface area (Å²) in [4.78, 5) is 12.3. The topological polar surface area (TPSA) is 66.5 Å². The molecule has 1 amide bonds. The van der Waals surface area contributed by atoms with Crippen molar-refractivity contribution in [2.24, 2.45) is 0 Å². The SMILES string of the molecule is Cc1ccccc1CSCCNC(=O)CN(c1cccc(C)c1C)S(C)(=O)=O. The number of amides is 1. The van der Waals surface area contributed by atoms with Crippen LogP contribution in [-0.2, 0) is 20.6 Å². The van der Waals surface area contributed by atoms with Crippen LogP contribution in [0.3, 0.4) is 0 Å². The molecule has 0 aliphatic carbocycles. The third-order valence-corrected chi connectivity index (χ3v) is 6.75. The minimum Gasteiger partial charge on any atom is -0.354 e. The molecule has 7 heteroatoms. The molecule has 2 aromatic rings. The average molecular weight is 421 g/mol. The van der Waals surface area contributed by atoms with Crippen molar-refractivity contribution in [1.29, 1.82) is 0 Å². The van der Waals surface area contributed by atoms with Crippen molar-refractivity contribution >= 4 is 33.4 Å². The van der Waals surface area contributed by atoms with E-state index in [1.807, 2.05) is 32.0 Å². The third kappa shape index (κ3) is 6.27. The number of nitrogens with one attached hydrogen (secondary N) is 1. The maximum absolute atomic E-state index is 12.3. The highest BCUT2D eigenvalue weighted by atomic mass is 32.2. The van der Waals surface area contributed by atoms with E-state index in [9.17, 15) is 13.2 Å². The summed E-state index contributed by atoms with van der Waals surface area (Å²) in [5, 5.41) is 2.82. The van der Waals surface area contributed by atoms with E-state index < -0.39 is 10.0 Å². The number of hydrogen-bond donors (Lipinski definition) is 1. The molecule has 2 aromatic carbocycles. The number of sulfonamides is 1. The molecule has 0 spiro atoms. The number of thioether (sulfide) groups is 1. The van der Waals surface area contributed by atoms with Gasteiger partial charge >= 0.3 is 0 Å². The van der Waals surface area contributed by atoms with Gasteiger partial charge in [-0.3, -0.25) is 9.10 Å². The zero-order valence-electron chi connectivity index (χ0n) is 16.9. The average Bonchev–Trinajstić information content (AvgIpc) is 2.62. The van der Waals surface area contributed by atoms with Crippen molar-refractivity contribution in [2.45, 2.75) is 26.5 Å². The minimum atomic E-state index is -3.56. The van der Waals surface area contributed by atoms with Crippen molar-refractivity contribution < 1.29 is 13.2 Å². The van der Waals surface area contributed by atoms with Gasteiger partial charge in [-0.1, -0.05) is 36.4 Å². The van der Waals surface area contributed by atoms with Crippen LogP contribution in [0.25, 0.3) is 0 Å². The lowest BCUT2D eigenvalue weighted by Gasteiger charge is -2.24. The van der Waals surface area contributed by atoms with E-state index in [2.05, 4.69) is 24.4 Å². The molecule has 0 radical (unpaired) electrons. The van der Waals surface area contributed by atoms with Gasteiger partial charge in [-0.05, 0) is 49.1 Å². The zero-order valence-corrected chi connectivity index (χ0v) is 18.5. The fourth-order valence-electron chi connectivity index (χ4n) is 2.79. The van der Waals surface area contributed by atoms with Crippen LogP contribution in [0.2, 0.25) is 0 Å². The zero-order chi connectivity index (χ0) is 20.7. The first-order valence-corrected chi connectivity index (χ1v) is 12.1. The number of nitrogens with zero attached hydrogens (tertiary/aromatic N) is 1. The first-order valence-electron chi connectivity index (χ1n) is 9.13. The summed E-state index contributed by atoms with van der Waals surface area (Å²) in [5.41, 5.74) is 4.94. The number of anilines is 1. The molecule has 0 fully saturated rings. The first kappa shape index (κ1) is 22.3. The van der Waals surface area contributed by atoms with Gasteiger partial charge in [-0.15, -0.1) is 0 Å². The molecule has 152 valence electrons. The molecule has 0 aliphatic heterocycles. The van der Waals surface area contributed by atoms with Gasteiger partial charge in [0, 0.05) is 18.1 Å². The van der Waals surface area contributed by atoms with Gasteiger partial charge in [-0.2, -0.15) is 11.8 Å². The summed E-state index contributed by atoms with van der Waals surface area (Å²) in [5.74, 6) is 1.35. The smallest absolute Gasteiger partial charge is 0.240 e.